The molecule has 5 heteroatoms. The zero-order valence-corrected chi connectivity index (χ0v) is 11.6. The fraction of sp³-hybridized carbons (Fsp3) is 0.333. The Bertz CT molecular complexity index is 625. The van der Waals surface area contributed by atoms with Crippen molar-refractivity contribution in [3.05, 3.63) is 42.0 Å². The van der Waals surface area contributed by atoms with Gasteiger partial charge in [0, 0.05) is 31.8 Å². The van der Waals surface area contributed by atoms with E-state index in [-0.39, 0.29) is 5.82 Å². The Morgan fingerprint density at radius 1 is 1.25 bits per heavy atom. The molecule has 0 atom stereocenters. The van der Waals surface area contributed by atoms with Crippen molar-refractivity contribution in [1.82, 2.24) is 9.97 Å². The number of aromatic nitrogens is 2. The minimum absolute atomic E-state index is 0.250. The first-order valence-electron chi connectivity index (χ1n) is 6.73. The normalized spacial score (nSPS) is 14.2. The maximum absolute atomic E-state index is 13.3. The molecule has 0 unspecified atom stereocenters. The van der Waals surface area contributed by atoms with E-state index in [1.54, 1.807) is 6.07 Å². The molecular formula is C15H17FN4. The van der Waals surface area contributed by atoms with E-state index < -0.39 is 0 Å². The van der Waals surface area contributed by atoms with Crippen LogP contribution in [0.4, 0.5) is 21.7 Å². The zero-order valence-electron chi connectivity index (χ0n) is 11.6. The molecule has 1 fully saturated rings. The van der Waals surface area contributed by atoms with Crippen LogP contribution in [0.15, 0.2) is 30.3 Å². The van der Waals surface area contributed by atoms with Gasteiger partial charge < -0.3 is 10.2 Å². The largest absolute Gasteiger partial charge is 0.373 e. The second-order valence-corrected chi connectivity index (χ2v) is 5.03. The smallest absolute Gasteiger partial charge is 0.138 e. The Kier molecular flexibility index (Phi) is 3.26. The Hall–Kier alpha value is -2.17. The lowest BCUT2D eigenvalue weighted by atomic mass is 10.3. The molecule has 3 rings (SSSR count). The number of nitrogens with zero attached hydrogens (tertiary/aromatic N) is 3. The molecular weight excluding hydrogens is 255 g/mol. The minimum atomic E-state index is -0.250. The van der Waals surface area contributed by atoms with Crippen molar-refractivity contribution in [2.75, 3.05) is 24.3 Å². The van der Waals surface area contributed by atoms with E-state index >= 15 is 0 Å². The average molecular weight is 272 g/mol. The summed E-state index contributed by atoms with van der Waals surface area (Å²) in [4.78, 5) is 11.0. The van der Waals surface area contributed by atoms with Gasteiger partial charge in [0.2, 0.25) is 0 Å². The zero-order chi connectivity index (χ0) is 14.1. The van der Waals surface area contributed by atoms with Crippen LogP contribution < -0.4 is 10.2 Å². The van der Waals surface area contributed by atoms with Crippen molar-refractivity contribution in [2.45, 2.75) is 18.8 Å². The molecule has 0 aliphatic heterocycles. The lowest BCUT2D eigenvalue weighted by Gasteiger charge is -2.19. The molecule has 0 bridgehead atoms. The lowest BCUT2D eigenvalue weighted by molar-refractivity contribution is 0.628. The quantitative estimate of drug-likeness (QED) is 0.927. The average Bonchev–Trinajstić information content (AvgIpc) is 3.30. The molecule has 1 aliphatic carbocycles. The summed E-state index contributed by atoms with van der Waals surface area (Å²) in [6.45, 7) is 0. The first-order valence-corrected chi connectivity index (χ1v) is 6.73. The first kappa shape index (κ1) is 12.8. The van der Waals surface area contributed by atoms with Gasteiger partial charge in [-0.3, -0.25) is 0 Å². The van der Waals surface area contributed by atoms with E-state index in [1.807, 2.05) is 31.1 Å². The first-order chi connectivity index (χ1) is 9.67. The van der Waals surface area contributed by atoms with E-state index in [0.717, 1.165) is 36.0 Å². The fourth-order valence-corrected chi connectivity index (χ4v) is 2.09. The SMILES string of the molecule is CNc1cc(N(C)c2cccc(F)c2)nc(C2CC2)n1. The summed E-state index contributed by atoms with van der Waals surface area (Å²) < 4.78 is 13.3. The van der Waals surface area contributed by atoms with Crippen LogP contribution in [0.3, 0.4) is 0 Å². The topological polar surface area (TPSA) is 41.0 Å². The van der Waals surface area contributed by atoms with Crippen molar-refractivity contribution < 1.29 is 4.39 Å². The minimum Gasteiger partial charge on any atom is -0.373 e. The van der Waals surface area contributed by atoms with E-state index in [2.05, 4.69) is 15.3 Å². The summed E-state index contributed by atoms with van der Waals surface area (Å²) in [5.41, 5.74) is 0.771. The molecule has 1 aromatic heterocycles. The van der Waals surface area contributed by atoms with Crippen LogP contribution in [-0.2, 0) is 0 Å². The number of halogens is 1. The molecule has 20 heavy (non-hydrogen) atoms. The van der Waals surface area contributed by atoms with Crippen LogP contribution in [0.1, 0.15) is 24.6 Å². The number of benzene rings is 1. The van der Waals surface area contributed by atoms with Gasteiger partial charge in [-0.15, -0.1) is 0 Å². The highest BCUT2D eigenvalue weighted by molar-refractivity contribution is 5.61. The number of nitrogens with one attached hydrogen (secondary N) is 1. The molecule has 4 nitrogen and oxygen atoms in total. The highest BCUT2D eigenvalue weighted by Crippen LogP contribution is 2.39. The summed E-state index contributed by atoms with van der Waals surface area (Å²) in [5, 5.41) is 3.06. The Balaban J connectivity index is 1.97. The lowest BCUT2D eigenvalue weighted by Crippen LogP contribution is -2.13. The molecule has 0 spiro atoms. The van der Waals surface area contributed by atoms with Gasteiger partial charge in [0.1, 0.15) is 23.3 Å². The molecule has 1 aromatic carbocycles. The van der Waals surface area contributed by atoms with Crippen molar-refractivity contribution in [3.8, 4) is 0 Å². The standard InChI is InChI=1S/C15H17FN4/c1-17-13-9-14(19-15(18-13)10-6-7-10)20(2)12-5-3-4-11(16)8-12/h3-5,8-10H,6-7H2,1-2H3,(H,17,18,19). The van der Waals surface area contributed by atoms with Crippen LogP contribution in [-0.4, -0.2) is 24.1 Å². The monoisotopic (exact) mass is 272 g/mol. The van der Waals surface area contributed by atoms with E-state index in [0.29, 0.717) is 5.92 Å². The van der Waals surface area contributed by atoms with Crippen LogP contribution >= 0.6 is 0 Å². The van der Waals surface area contributed by atoms with Gasteiger partial charge in [-0.1, -0.05) is 6.07 Å². The number of rotatable bonds is 4. The van der Waals surface area contributed by atoms with Gasteiger partial charge in [-0.05, 0) is 31.0 Å². The summed E-state index contributed by atoms with van der Waals surface area (Å²) in [5.74, 6) is 2.66. The van der Waals surface area contributed by atoms with Gasteiger partial charge in [-0.2, -0.15) is 0 Å². The maximum Gasteiger partial charge on any atom is 0.138 e. The van der Waals surface area contributed by atoms with Crippen molar-refractivity contribution in [1.29, 1.82) is 0 Å². The summed E-state index contributed by atoms with van der Waals surface area (Å²) in [6.07, 6.45) is 2.30. The number of hydrogen-bond donors (Lipinski definition) is 1. The summed E-state index contributed by atoms with van der Waals surface area (Å²) in [7, 11) is 3.72. The van der Waals surface area contributed by atoms with Crippen LogP contribution in [0.2, 0.25) is 0 Å². The highest BCUT2D eigenvalue weighted by atomic mass is 19.1. The molecule has 0 saturated heterocycles. The van der Waals surface area contributed by atoms with E-state index in [4.69, 9.17) is 0 Å². The van der Waals surface area contributed by atoms with Crippen LogP contribution in [0, 0.1) is 5.82 Å². The Labute approximate surface area is 117 Å². The van der Waals surface area contributed by atoms with Crippen LogP contribution in [0.25, 0.3) is 0 Å². The molecule has 2 aromatic rings. The molecule has 0 radical (unpaired) electrons. The highest BCUT2D eigenvalue weighted by Gasteiger charge is 2.27. The van der Waals surface area contributed by atoms with Gasteiger partial charge in [0.15, 0.2) is 0 Å². The van der Waals surface area contributed by atoms with Crippen LogP contribution in [0.5, 0.6) is 0 Å². The molecule has 1 aliphatic rings. The maximum atomic E-state index is 13.3. The third-order valence-electron chi connectivity index (χ3n) is 3.47. The summed E-state index contributed by atoms with van der Waals surface area (Å²) in [6, 6.07) is 8.37. The predicted octanol–water partition coefficient (Wildman–Crippen LogP) is 3.30. The van der Waals surface area contributed by atoms with Crippen molar-refractivity contribution >= 4 is 17.3 Å². The second-order valence-electron chi connectivity index (χ2n) is 5.03. The van der Waals surface area contributed by atoms with Gasteiger partial charge >= 0.3 is 0 Å². The van der Waals surface area contributed by atoms with Crippen molar-refractivity contribution in [3.63, 3.8) is 0 Å². The Morgan fingerprint density at radius 3 is 2.70 bits per heavy atom. The van der Waals surface area contributed by atoms with Crippen molar-refractivity contribution in [2.24, 2.45) is 0 Å². The number of anilines is 3. The molecule has 1 saturated carbocycles. The van der Waals surface area contributed by atoms with Gasteiger partial charge in [0.25, 0.3) is 0 Å². The second kappa shape index (κ2) is 5.07. The summed E-state index contributed by atoms with van der Waals surface area (Å²) >= 11 is 0. The number of hydrogen-bond acceptors (Lipinski definition) is 4. The third kappa shape index (κ3) is 2.57. The van der Waals surface area contributed by atoms with Gasteiger partial charge in [0.05, 0.1) is 0 Å². The van der Waals surface area contributed by atoms with Gasteiger partial charge in [-0.25, -0.2) is 14.4 Å². The molecule has 104 valence electrons. The third-order valence-corrected chi connectivity index (χ3v) is 3.47. The van der Waals surface area contributed by atoms with E-state index in [9.17, 15) is 4.39 Å². The molecule has 0 amide bonds. The Morgan fingerprint density at radius 2 is 2.05 bits per heavy atom. The molecule has 1 heterocycles. The van der Waals surface area contributed by atoms with E-state index in [1.165, 1.54) is 12.1 Å². The predicted molar refractivity (Wildman–Crippen MR) is 78.0 cm³/mol. The fourth-order valence-electron chi connectivity index (χ4n) is 2.09. The molecule has 1 N–H and O–H groups in total.